The molecular weight excluding hydrogens is 290 g/mol. The summed E-state index contributed by atoms with van der Waals surface area (Å²) < 4.78 is 9.66. The van der Waals surface area contributed by atoms with Crippen molar-refractivity contribution in [3.8, 4) is 11.5 Å². The fourth-order valence-electron chi connectivity index (χ4n) is 2.87. The van der Waals surface area contributed by atoms with Gasteiger partial charge in [-0.1, -0.05) is 6.07 Å². The molecule has 1 amide bonds. The largest absolute Gasteiger partial charge is 0.504 e. The first-order valence-corrected chi connectivity index (χ1v) is 6.76. The van der Waals surface area contributed by atoms with E-state index in [1.807, 2.05) is 0 Å². The second-order valence-corrected chi connectivity index (χ2v) is 5.56. The minimum atomic E-state index is -1.16. The van der Waals surface area contributed by atoms with E-state index >= 15 is 0 Å². The third-order valence-electron chi connectivity index (χ3n) is 4.22. The highest BCUT2D eigenvalue weighted by Crippen LogP contribution is 2.44. The molecule has 7 heteroatoms. The van der Waals surface area contributed by atoms with E-state index in [0.717, 1.165) is 0 Å². The van der Waals surface area contributed by atoms with Crippen LogP contribution in [-0.2, 0) is 9.53 Å². The zero-order chi connectivity index (χ0) is 16.5. The van der Waals surface area contributed by atoms with Gasteiger partial charge in [-0.15, -0.1) is 0 Å². The fourth-order valence-corrected chi connectivity index (χ4v) is 2.87. The van der Waals surface area contributed by atoms with Gasteiger partial charge in [0.05, 0.1) is 19.6 Å². The molecule has 0 saturated carbocycles. The second kappa shape index (κ2) is 5.75. The monoisotopic (exact) mass is 309 g/mol. The van der Waals surface area contributed by atoms with Crippen molar-refractivity contribution in [2.45, 2.75) is 12.8 Å². The van der Waals surface area contributed by atoms with E-state index in [1.165, 1.54) is 25.2 Å². The number of carbonyl (C=O) groups is 2. The molecule has 7 nitrogen and oxygen atoms in total. The summed E-state index contributed by atoms with van der Waals surface area (Å²) in [6.45, 7) is 1.85. The number of benzene rings is 1. The summed E-state index contributed by atoms with van der Waals surface area (Å²) >= 11 is 0. The van der Waals surface area contributed by atoms with E-state index in [4.69, 9.17) is 4.74 Å². The number of aromatic hydroxyl groups is 1. The summed E-state index contributed by atoms with van der Waals surface area (Å²) in [6.07, 6.45) is -0.562. The number of methoxy groups -OCH3 is 2. The molecule has 1 aromatic rings. The lowest BCUT2D eigenvalue weighted by Gasteiger charge is -2.25. The zero-order valence-corrected chi connectivity index (χ0v) is 12.7. The van der Waals surface area contributed by atoms with Gasteiger partial charge in [0.25, 0.3) is 0 Å². The molecule has 2 unspecified atom stereocenters. The molecule has 0 radical (unpaired) electrons. The normalized spacial score (nSPS) is 24.1. The number of likely N-dealkylation sites (tertiary alicyclic amines) is 1. The molecule has 2 rings (SSSR count). The van der Waals surface area contributed by atoms with Crippen molar-refractivity contribution >= 4 is 12.1 Å². The van der Waals surface area contributed by atoms with Crippen molar-refractivity contribution < 1.29 is 29.3 Å². The predicted octanol–water partition coefficient (Wildman–Crippen LogP) is 1.66. The smallest absolute Gasteiger partial charge is 0.409 e. The van der Waals surface area contributed by atoms with Crippen LogP contribution in [0, 0.1) is 5.41 Å². The maximum atomic E-state index is 11.7. The lowest BCUT2D eigenvalue weighted by atomic mass is 9.76. The number of amides is 1. The summed E-state index contributed by atoms with van der Waals surface area (Å²) in [5.41, 5.74) is -0.524. The Balaban J connectivity index is 2.40. The van der Waals surface area contributed by atoms with Gasteiger partial charge in [0.1, 0.15) is 0 Å². The number of hydrogen-bond acceptors (Lipinski definition) is 5. The van der Waals surface area contributed by atoms with E-state index in [-0.39, 0.29) is 18.8 Å². The minimum absolute atomic E-state index is 0.0481. The summed E-state index contributed by atoms with van der Waals surface area (Å²) in [5.74, 6) is -1.21. The highest BCUT2D eigenvalue weighted by molar-refractivity contribution is 5.79. The van der Waals surface area contributed by atoms with Crippen molar-refractivity contribution in [2.75, 3.05) is 27.3 Å². The molecule has 1 aromatic carbocycles. The molecule has 1 heterocycles. The predicted molar refractivity (Wildman–Crippen MR) is 77.1 cm³/mol. The molecule has 1 saturated heterocycles. The molecule has 0 aromatic heterocycles. The van der Waals surface area contributed by atoms with Gasteiger partial charge in [0, 0.05) is 19.0 Å². The van der Waals surface area contributed by atoms with Gasteiger partial charge >= 0.3 is 12.1 Å². The number of rotatable bonds is 3. The second-order valence-electron chi connectivity index (χ2n) is 5.56. The number of phenolic OH excluding ortho intramolecular Hbond substituents is 1. The molecule has 2 N–H and O–H groups in total. The molecule has 1 aliphatic heterocycles. The molecule has 0 spiro atoms. The van der Waals surface area contributed by atoms with Crippen LogP contribution in [0.3, 0.4) is 0 Å². The maximum absolute atomic E-state index is 11.7. The fraction of sp³-hybridized carbons (Fsp3) is 0.467. The standard InChI is InChI=1S/C15H19NO6/c1-15(13(18)19)8-16(14(20)22-3)7-10(15)9-4-5-12(21-2)11(17)6-9/h4-6,10,17H,7-8H2,1-3H3,(H,18,19). The Bertz CT molecular complexity index is 602. The highest BCUT2D eigenvalue weighted by Gasteiger charge is 2.51. The molecule has 0 bridgehead atoms. The van der Waals surface area contributed by atoms with Gasteiger partial charge < -0.3 is 24.6 Å². The first-order chi connectivity index (χ1) is 10.3. The first kappa shape index (κ1) is 15.9. The number of nitrogens with zero attached hydrogens (tertiary/aromatic N) is 1. The highest BCUT2D eigenvalue weighted by atomic mass is 16.5. The number of aliphatic carboxylic acids is 1. The number of hydrogen-bond donors (Lipinski definition) is 2. The summed E-state index contributed by atoms with van der Waals surface area (Å²) in [7, 11) is 2.69. The van der Waals surface area contributed by atoms with Crippen molar-refractivity contribution in [3.05, 3.63) is 23.8 Å². The molecule has 22 heavy (non-hydrogen) atoms. The van der Waals surface area contributed by atoms with E-state index in [9.17, 15) is 19.8 Å². The van der Waals surface area contributed by atoms with Crippen molar-refractivity contribution in [2.24, 2.45) is 5.41 Å². The van der Waals surface area contributed by atoms with E-state index in [2.05, 4.69) is 4.74 Å². The van der Waals surface area contributed by atoms with Crippen molar-refractivity contribution in [1.82, 2.24) is 4.90 Å². The molecular formula is C15H19NO6. The number of carboxylic acid groups (broad SMARTS) is 1. The summed E-state index contributed by atoms with van der Waals surface area (Å²) in [6, 6.07) is 4.75. The Labute approximate surface area is 128 Å². The number of carboxylic acids is 1. The Morgan fingerprint density at radius 1 is 1.36 bits per heavy atom. The van der Waals surface area contributed by atoms with E-state index < -0.39 is 23.4 Å². The third kappa shape index (κ3) is 2.54. The van der Waals surface area contributed by atoms with Crippen LogP contribution in [0.1, 0.15) is 18.4 Å². The average Bonchev–Trinajstić information content (AvgIpc) is 2.85. The van der Waals surface area contributed by atoms with Crippen LogP contribution < -0.4 is 4.74 Å². The van der Waals surface area contributed by atoms with Crippen LogP contribution in [0.15, 0.2) is 18.2 Å². The summed E-state index contributed by atoms with van der Waals surface area (Å²) in [4.78, 5) is 24.8. The van der Waals surface area contributed by atoms with Crippen LogP contribution in [-0.4, -0.2) is 54.5 Å². The lowest BCUT2D eigenvalue weighted by Crippen LogP contribution is -2.36. The zero-order valence-electron chi connectivity index (χ0n) is 12.7. The molecule has 1 fully saturated rings. The number of carbonyl (C=O) groups excluding carboxylic acids is 1. The Kier molecular flexibility index (Phi) is 4.16. The minimum Gasteiger partial charge on any atom is -0.504 e. The maximum Gasteiger partial charge on any atom is 0.409 e. The van der Waals surface area contributed by atoms with Crippen molar-refractivity contribution in [1.29, 1.82) is 0 Å². The van der Waals surface area contributed by atoms with Crippen LogP contribution in [0.2, 0.25) is 0 Å². The van der Waals surface area contributed by atoms with Crippen LogP contribution in [0.4, 0.5) is 4.79 Å². The number of ether oxygens (including phenoxy) is 2. The van der Waals surface area contributed by atoms with Gasteiger partial charge in [0.15, 0.2) is 11.5 Å². The van der Waals surface area contributed by atoms with Gasteiger partial charge in [-0.05, 0) is 24.6 Å². The van der Waals surface area contributed by atoms with Gasteiger partial charge in [0.2, 0.25) is 0 Å². The van der Waals surface area contributed by atoms with Crippen molar-refractivity contribution in [3.63, 3.8) is 0 Å². The molecule has 120 valence electrons. The molecule has 2 atom stereocenters. The summed E-state index contributed by atoms with van der Waals surface area (Å²) in [5, 5.41) is 19.5. The van der Waals surface area contributed by atoms with Crippen LogP contribution in [0.25, 0.3) is 0 Å². The first-order valence-electron chi connectivity index (χ1n) is 6.76. The van der Waals surface area contributed by atoms with Crippen LogP contribution in [0.5, 0.6) is 11.5 Å². The number of phenols is 1. The Morgan fingerprint density at radius 3 is 2.55 bits per heavy atom. The SMILES string of the molecule is COC(=O)N1CC(c2ccc(OC)c(O)c2)C(C)(C(=O)O)C1. The van der Waals surface area contributed by atoms with Gasteiger partial charge in [-0.25, -0.2) is 4.79 Å². The Morgan fingerprint density at radius 2 is 2.05 bits per heavy atom. The topological polar surface area (TPSA) is 96.3 Å². The third-order valence-corrected chi connectivity index (χ3v) is 4.22. The quantitative estimate of drug-likeness (QED) is 0.881. The van der Waals surface area contributed by atoms with E-state index in [1.54, 1.807) is 19.1 Å². The van der Waals surface area contributed by atoms with Gasteiger partial charge in [-0.2, -0.15) is 0 Å². The van der Waals surface area contributed by atoms with Gasteiger partial charge in [-0.3, -0.25) is 4.79 Å². The molecule has 1 aliphatic rings. The van der Waals surface area contributed by atoms with E-state index in [0.29, 0.717) is 11.3 Å². The average molecular weight is 309 g/mol. The van der Waals surface area contributed by atoms with Crippen LogP contribution >= 0.6 is 0 Å². The molecule has 0 aliphatic carbocycles. The Hall–Kier alpha value is -2.44. The lowest BCUT2D eigenvalue weighted by molar-refractivity contribution is -0.147.